The Morgan fingerprint density at radius 3 is 2.68 bits per heavy atom. The van der Waals surface area contributed by atoms with Gasteiger partial charge in [0.25, 0.3) is 0 Å². The molecule has 0 aliphatic rings. The van der Waals surface area contributed by atoms with Crippen molar-refractivity contribution in [2.75, 3.05) is 25.6 Å². The van der Waals surface area contributed by atoms with Crippen molar-refractivity contribution in [3.05, 3.63) is 28.8 Å². The topological polar surface area (TPSA) is 47.3 Å². The number of ether oxygens (including phenoxy) is 1. The monoisotopic (exact) mass is 300 g/mol. The van der Waals surface area contributed by atoms with Gasteiger partial charge in [-0.05, 0) is 30.0 Å². The van der Waals surface area contributed by atoms with Gasteiger partial charge in [0.1, 0.15) is 4.99 Å². The Balaban J connectivity index is 2.65. The second kappa shape index (κ2) is 7.08. The summed E-state index contributed by atoms with van der Waals surface area (Å²) in [5, 5.41) is 3.99. The molecule has 1 rings (SSSR count). The molecule has 0 aromatic heterocycles. The van der Waals surface area contributed by atoms with Crippen molar-refractivity contribution in [1.82, 2.24) is 0 Å². The van der Waals surface area contributed by atoms with Crippen LogP contribution in [0.15, 0.2) is 18.2 Å². The summed E-state index contributed by atoms with van der Waals surface area (Å²) in [5.74, 6) is 0. The first-order chi connectivity index (χ1) is 8.85. The Labute approximate surface area is 125 Å². The molecule has 3 N–H and O–H groups in total. The van der Waals surface area contributed by atoms with E-state index in [4.69, 9.17) is 34.3 Å². The summed E-state index contributed by atoms with van der Waals surface area (Å²) < 4.78 is 5.11. The molecule has 19 heavy (non-hydrogen) atoms. The standard InChI is InChI=1S/C14H21ClN2OS/c1-14(2,6-7-18-3)9-17-12-5-4-10(13(16)19)8-11(12)15/h4-5,8,17H,6-7,9H2,1-3H3,(H2,16,19). The number of nitrogens with one attached hydrogen (secondary N) is 1. The molecule has 0 heterocycles. The molecular weight excluding hydrogens is 280 g/mol. The van der Waals surface area contributed by atoms with E-state index in [1.807, 2.05) is 12.1 Å². The molecule has 1 aromatic carbocycles. The zero-order valence-corrected chi connectivity index (χ0v) is 13.2. The number of halogens is 1. The Bertz CT molecular complexity index is 449. The summed E-state index contributed by atoms with van der Waals surface area (Å²) >= 11 is 11.1. The molecule has 106 valence electrons. The van der Waals surface area contributed by atoms with Crippen LogP contribution < -0.4 is 11.1 Å². The quantitative estimate of drug-likeness (QED) is 0.757. The molecule has 0 radical (unpaired) electrons. The summed E-state index contributed by atoms with van der Waals surface area (Å²) in [6, 6.07) is 5.57. The average Bonchev–Trinajstić information content (AvgIpc) is 2.35. The number of methoxy groups -OCH3 is 1. The van der Waals surface area contributed by atoms with E-state index in [1.54, 1.807) is 13.2 Å². The highest BCUT2D eigenvalue weighted by Gasteiger charge is 2.17. The summed E-state index contributed by atoms with van der Waals surface area (Å²) in [5.41, 5.74) is 7.39. The van der Waals surface area contributed by atoms with Gasteiger partial charge in [-0.3, -0.25) is 0 Å². The van der Waals surface area contributed by atoms with Crippen LogP contribution in [0.1, 0.15) is 25.8 Å². The lowest BCUT2D eigenvalue weighted by Gasteiger charge is -2.25. The molecule has 0 saturated carbocycles. The number of anilines is 1. The van der Waals surface area contributed by atoms with Crippen LogP contribution in [0.4, 0.5) is 5.69 Å². The van der Waals surface area contributed by atoms with Crippen molar-refractivity contribution in [2.24, 2.45) is 11.1 Å². The normalized spacial score (nSPS) is 11.4. The zero-order valence-electron chi connectivity index (χ0n) is 11.6. The number of benzene rings is 1. The summed E-state index contributed by atoms with van der Waals surface area (Å²) in [6.45, 7) is 5.96. The first-order valence-corrected chi connectivity index (χ1v) is 6.96. The lowest BCUT2D eigenvalue weighted by atomic mass is 9.89. The molecule has 1 aromatic rings. The lowest BCUT2D eigenvalue weighted by molar-refractivity contribution is 0.157. The maximum atomic E-state index is 6.20. The maximum Gasteiger partial charge on any atom is 0.104 e. The van der Waals surface area contributed by atoms with Crippen LogP contribution >= 0.6 is 23.8 Å². The maximum absolute atomic E-state index is 6.20. The minimum absolute atomic E-state index is 0.140. The second-order valence-corrected chi connectivity index (χ2v) is 6.17. The predicted octanol–water partition coefficient (Wildman–Crippen LogP) is 3.45. The molecule has 0 spiro atoms. The minimum atomic E-state index is 0.140. The summed E-state index contributed by atoms with van der Waals surface area (Å²) in [7, 11) is 1.72. The highest BCUT2D eigenvalue weighted by molar-refractivity contribution is 7.80. The summed E-state index contributed by atoms with van der Waals surface area (Å²) in [4.78, 5) is 0.355. The number of thiocarbonyl (C=S) groups is 1. The third kappa shape index (κ3) is 5.35. The fourth-order valence-corrected chi connectivity index (χ4v) is 1.99. The van der Waals surface area contributed by atoms with E-state index in [0.29, 0.717) is 10.0 Å². The van der Waals surface area contributed by atoms with Crippen molar-refractivity contribution in [3.63, 3.8) is 0 Å². The summed E-state index contributed by atoms with van der Waals surface area (Å²) in [6.07, 6.45) is 0.985. The van der Waals surface area contributed by atoms with Crippen LogP contribution in [0.25, 0.3) is 0 Å². The molecule has 0 aliphatic heterocycles. The van der Waals surface area contributed by atoms with Gasteiger partial charge in [-0.1, -0.05) is 37.7 Å². The molecule has 0 bridgehead atoms. The highest BCUT2D eigenvalue weighted by Crippen LogP contribution is 2.26. The van der Waals surface area contributed by atoms with Crippen LogP contribution in [0.3, 0.4) is 0 Å². The Morgan fingerprint density at radius 1 is 1.47 bits per heavy atom. The number of rotatable bonds is 7. The van der Waals surface area contributed by atoms with E-state index in [2.05, 4.69) is 19.2 Å². The van der Waals surface area contributed by atoms with Crippen LogP contribution in [0.2, 0.25) is 5.02 Å². The molecule has 3 nitrogen and oxygen atoms in total. The lowest BCUT2D eigenvalue weighted by Crippen LogP contribution is -2.24. The SMILES string of the molecule is COCCC(C)(C)CNc1ccc(C(N)=S)cc1Cl. The van der Waals surface area contributed by atoms with Gasteiger partial charge in [0, 0.05) is 25.8 Å². The highest BCUT2D eigenvalue weighted by atomic mass is 35.5. The van der Waals surface area contributed by atoms with E-state index in [1.165, 1.54) is 0 Å². The van der Waals surface area contributed by atoms with E-state index in [0.717, 1.165) is 30.8 Å². The van der Waals surface area contributed by atoms with Crippen molar-refractivity contribution in [1.29, 1.82) is 0 Å². The van der Waals surface area contributed by atoms with Crippen LogP contribution in [0.5, 0.6) is 0 Å². The number of nitrogens with two attached hydrogens (primary N) is 1. The first kappa shape index (κ1) is 16.2. The Kier molecular flexibility index (Phi) is 6.04. The van der Waals surface area contributed by atoms with Gasteiger partial charge < -0.3 is 15.8 Å². The molecular formula is C14H21ClN2OS. The molecule has 0 saturated heterocycles. The fraction of sp³-hybridized carbons (Fsp3) is 0.500. The molecule has 0 amide bonds. The number of hydrogen-bond acceptors (Lipinski definition) is 3. The third-order valence-corrected chi connectivity index (χ3v) is 3.54. The van der Waals surface area contributed by atoms with Gasteiger partial charge in [0.2, 0.25) is 0 Å². The van der Waals surface area contributed by atoms with Crippen molar-refractivity contribution in [3.8, 4) is 0 Å². The van der Waals surface area contributed by atoms with Crippen LogP contribution in [0, 0.1) is 5.41 Å². The van der Waals surface area contributed by atoms with Gasteiger partial charge in [-0.25, -0.2) is 0 Å². The van der Waals surface area contributed by atoms with Gasteiger partial charge in [0.15, 0.2) is 0 Å². The van der Waals surface area contributed by atoms with E-state index < -0.39 is 0 Å². The van der Waals surface area contributed by atoms with E-state index in [9.17, 15) is 0 Å². The van der Waals surface area contributed by atoms with Gasteiger partial charge in [-0.15, -0.1) is 0 Å². The smallest absolute Gasteiger partial charge is 0.104 e. The largest absolute Gasteiger partial charge is 0.389 e. The van der Waals surface area contributed by atoms with E-state index in [-0.39, 0.29) is 5.41 Å². The van der Waals surface area contributed by atoms with Crippen molar-refractivity contribution >= 4 is 34.5 Å². The zero-order chi connectivity index (χ0) is 14.5. The fourth-order valence-electron chi connectivity index (χ4n) is 1.61. The Hall–Kier alpha value is -0.840. The van der Waals surface area contributed by atoms with Crippen LogP contribution in [-0.2, 0) is 4.74 Å². The average molecular weight is 301 g/mol. The molecule has 0 aliphatic carbocycles. The second-order valence-electron chi connectivity index (χ2n) is 5.32. The first-order valence-electron chi connectivity index (χ1n) is 6.18. The molecule has 5 heteroatoms. The van der Waals surface area contributed by atoms with Crippen LogP contribution in [-0.4, -0.2) is 25.2 Å². The molecule has 0 unspecified atom stereocenters. The van der Waals surface area contributed by atoms with Crippen molar-refractivity contribution < 1.29 is 4.74 Å². The molecule has 0 atom stereocenters. The van der Waals surface area contributed by atoms with E-state index >= 15 is 0 Å². The number of hydrogen-bond donors (Lipinski definition) is 2. The Morgan fingerprint density at radius 2 is 2.16 bits per heavy atom. The predicted molar refractivity (Wildman–Crippen MR) is 86.1 cm³/mol. The minimum Gasteiger partial charge on any atom is -0.389 e. The third-order valence-electron chi connectivity index (χ3n) is 2.99. The van der Waals surface area contributed by atoms with Crippen molar-refractivity contribution in [2.45, 2.75) is 20.3 Å². The van der Waals surface area contributed by atoms with Gasteiger partial charge >= 0.3 is 0 Å². The van der Waals surface area contributed by atoms with Gasteiger partial charge in [-0.2, -0.15) is 0 Å². The van der Waals surface area contributed by atoms with Gasteiger partial charge in [0.05, 0.1) is 10.7 Å². The molecule has 0 fully saturated rings.